The van der Waals surface area contributed by atoms with Crippen molar-refractivity contribution in [2.75, 3.05) is 44.9 Å². The molecule has 0 radical (unpaired) electrons. The van der Waals surface area contributed by atoms with Crippen LogP contribution in [0.15, 0.2) is 71.7 Å². The predicted molar refractivity (Wildman–Crippen MR) is 251 cm³/mol. The van der Waals surface area contributed by atoms with Crippen molar-refractivity contribution in [3.05, 3.63) is 116 Å². The Morgan fingerprint density at radius 2 is 1.67 bits per heavy atom. The number of carbonyl (C=O) groups is 5. The van der Waals surface area contributed by atoms with E-state index in [-0.39, 0.29) is 43.4 Å². The van der Waals surface area contributed by atoms with Crippen molar-refractivity contribution in [3.63, 3.8) is 0 Å². The van der Waals surface area contributed by atoms with Crippen LogP contribution >= 0.6 is 22.9 Å². The molecule has 18 nitrogen and oxygen atoms in total. The molecule has 0 bridgehead atoms. The van der Waals surface area contributed by atoms with E-state index >= 15 is 0 Å². The Bertz CT molecular complexity index is 2840. The highest BCUT2D eigenvalue weighted by Gasteiger charge is 2.33. The van der Waals surface area contributed by atoms with E-state index in [9.17, 15) is 24.0 Å². The van der Waals surface area contributed by atoms with Gasteiger partial charge in [-0.05, 0) is 81.3 Å². The summed E-state index contributed by atoms with van der Waals surface area (Å²) in [5.41, 5.74) is 5.77. The number of hydrogen-bond acceptors (Lipinski definition) is 13. The summed E-state index contributed by atoms with van der Waals surface area (Å²) in [4.78, 5) is 76.5. The molecule has 2 atom stereocenters. The zero-order valence-electron chi connectivity index (χ0n) is 37.1. The molecule has 67 heavy (non-hydrogen) atoms. The van der Waals surface area contributed by atoms with Crippen molar-refractivity contribution in [2.45, 2.75) is 65.0 Å². The van der Waals surface area contributed by atoms with Crippen molar-refractivity contribution in [3.8, 4) is 10.8 Å². The van der Waals surface area contributed by atoms with E-state index in [0.717, 1.165) is 33.2 Å². The summed E-state index contributed by atoms with van der Waals surface area (Å²) in [7, 11) is 0. The number of rotatable bonds is 19. The lowest BCUT2D eigenvalue weighted by atomic mass is 9.99. The van der Waals surface area contributed by atoms with Crippen molar-refractivity contribution in [1.82, 2.24) is 40.7 Å². The van der Waals surface area contributed by atoms with E-state index in [2.05, 4.69) is 55.3 Å². The second kappa shape index (κ2) is 21.2. The van der Waals surface area contributed by atoms with Crippen molar-refractivity contribution >= 4 is 74.9 Å². The number of imidazole rings is 1. The molecule has 6 aromatic rings. The summed E-state index contributed by atoms with van der Waals surface area (Å²) in [6.07, 6.45) is 0.916. The molecular weight excluding hydrogens is 900 g/mol. The van der Waals surface area contributed by atoms with Crippen LogP contribution in [0.5, 0.6) is 5.75 Å². The molecule has 5 N–H and O–H groups in total. The molecule has 0 aliphatic carbocycles. The number of carbonyl (C=O) groups excluding carboxylic acids is 5. The third-order valence-corrected chi connectivity index (χ3v) is 12.7. The van der Waals surface area contributed by atoms with E-state index in [1.807, 2.05) is 35.8 Å². The quantitative estimate of drug-likeness (QED) is 0.0510. The fourth-order valence-corrected chi connectivity index (χ4v) is 9.08. The summed E-state index contributed by atoms with van der Waals surface area (Å²) in [6.45, 7) is 8.03. The first-order chi connectivity index (χ1) is 32.4. The van der Waals surface area contributed by atoms with Gasteiger partial charge in [-0.15, -0.1) is 21.5 Å². The molecule has 0 spiro atoms. The number of piperidine rings is 1. The summed E-state index contributed by atoms with van der Waals surface area (Å²) < 4.78 is 19.1. The molecule has 2 aliphatic heterocycles. The van der Waals surface area contributed by atoms with Crippen LogP contribution in [0.2, 0.25) is 5.02 Å². The van der Waals surface area contributed by atoms with Gasteiger partial charge >= 0.3 is 0 Å². The van der Waals surface area contributed by atoms with E-state index in [4.69, 9.17) is 30.8 Å². The molecule has 5 amide bonds. The van der Waals surface area contributed by atoms with Crippen LogP contribution in [0, 0.1) is 20.8 Å². The number of nitrogens with one attached hydrogen (secondary N) is 5. The number of para-hydroxylation sites is 1. The average Bonchev–Trinajstić information content (AvgIpc) is 3.97. The Labute approximate surface area is 394 Å². The minimum Gasteiger partial charge on any atom is -0.491 e. The lowest BCUT2D eigenvalue weighted by Crippen LogP contribution is -2.52. The molecule has 1 fully saturated rings. The van der Waals surface area contributed by atoms with Gasteiger partial charge in [0.15, 0.2) is 5.82 Å². The molecule has 0 saturated carbocycles. The number of hydrogen-bond donors (Lipinski definition) is 5. The fourth-order valence-electron chi connectivity index (χ4n) is 7.74. The number of anilines is 1. The Balaban J connectivity index is 0.714. The van der Waals surface area contributed by atoms with Crippen LogP contribution in [0.4, 0.5) is 5.69 Å². The third-order valence-electron chi connectivity index (χ3n) is 11.3. The summed E-state index contributed by atoms with van der Waals surface area (Å²) in [5, 5.41) is 21.2. The van der Waals surface area contributed by atoms with Gasteiger partial charge in [-0.25, -0.2) is 4.98 Å². The Hall–Kier alpha value is -6.80. The van der Waals surface area contributed by atoms with E-state index in [1.165, 1.54) is 4.88 Å². The normalized spacial score (nSPS) is 15.6. The highest BCUT2D eigenvalue weighted by molar-refractivity contribution is 7.15. The van der Waals surface area contributed by atoms with Gasteiger partial charge in [0, 0.05) is 52.5 Å². The maximum atomic E-state index is 13.5. The van der Waals surface area contributed by atoms with E-state index in [0.29, 0.717) is 90.7 Å². The van der Waals surface area contributed by atoms with Crippen LogP contribution < -0.4 is 26.0 Å². The van der Waals surface area contributed by atoms with Gasteiger partial charge in [0.25, 0.3) is 5.91 Å². The number of amides is 5. The predicted octanol–water partition coefficient (Wildman–Crippen LogP) is 5.40. The monoisotopic (exact) mass is 948 g/mol. The molecule has 348 valence electrons. The number of aromatic nitrogens is 5. The number of H-pyrrole nitrogens is 1. The minimum atomic E-state index is -0.802. The zero-order chi connectivity index (χ0) is 47.0. The lowest BCUT2D eigenvalue weighted by molar-refractivity contribution is -0.134. The molecule has 1 saturated heterocycles. The molecule has 8 rings (SSSR count). The fraction of sp³-hybridized carbons (Fsp3) is 0.340. The smallest absolute Gasteiger partial charge is 0.254 e. The number of ether oxygens (including phenoxy) is 3. The molecule has 3 aromatic heterocycles. The SMILES string of the molecule is Cc1sc2c(c1C)C(c1ccc(Cl)cc1)=N[C@@H](CC(=O)Nc1ccc(OCCOCCOCCNC(=O)CCc3nc4cccc(C(=O)NC5CCC(=O)NC5=O)c4[nH]3)cc1)c1nnc(C)n1-2. The number of nitrogens with zero attached hydrogens (tertiary/aromatic N) is 5. The standard InChI is InChI=1S/C47H49ClN10O8S/c1-26-27(2)67-47-41(26)42(29-7-9-30(48)10-8-29)52-36(44-57-56-28(3)58(44)47)25-40(61)50-31-11-13-32(14-12-31)66-24-23-65-22-21-64-20-19-49-38(59)18-16-37-51-34-6-4-5-33(43(34)54-37)45(62)53-35-15-17-39(60)55-46(35)63/h4-14,35-36H,15-25H2,1-3H3,(H,49,59)(H,50,61)(H,51,54)(H,53,62)(H,55,60,63)/t35?,36-/m0/s1. The number of thiophene rings is 1. The molecule has 3 aromatic carbocycles. The maximum Gasteiger partial charge on any atom is 0.254 e. The second-order valence-electron chi connectivity index (χ2n) is 16.0. The molecule has 2 aliphatic rings. The minimum absolute atomic E-state index is 0.0471. The number of aryl methyl sites for hydroxylation is 3. The van der Waals surface area contributed by atoms with Gasteiger partial charge in [0.2, 0.25) is 23.6 Å². The van der Waals surface area contributed by atoms with Gasteiger partial charge in [-0.3, -0.25) is 38.8 Å². The third kappa shape index (κ3) is 11.3. The van der Waals surface area contributed by atoms with Gasteiger partial charge < -0.3 is 35.1 Å². The van der Waals surface area contributed by atoms with Crippen LogP contribution in [0.25, 0.3) is 16.0 Å². The van der Waals surface area contributed by atoms with Crippen LogP contribution in [-0.4, -0.2) is 106 Å². The lowest BCUT2D eigenvalue weighted by Gasteiger charge is -2.21. The van der Waals surface area contributed by atoms with E-state index in [1.54, 1.807) is 53.8 Å². The van der Waals surface area contributed by atoms with Crippen molar-refractivity contribution < 1.29 is 38.2 Å². The molecule has 1 unspecified atom stereocenters. The number of benzene rings is 3. The van der Waals surface area contributed by atoms with Gasteiger partial charge in [0.1, 0.15) is 41.1 Å². The number of aliphatic imine (C=N–C) groups is 1. The zero-order valence-corrected chi connectivity index (χ0v) is 38.6. The number of halogens is 1. The first-order valence-electron chi connectivity index (χ1n) is 21.8. The summed E-state index contributed by atoms with van der Waals surface area (Å²) in [6, 6.07) is 18.3. The van der Waals surface area contributed by atoms with Gasteiger partial charge in [-0.1, -0.05) is 29.8 Å². The number of aromatic amines is 1. The van der Waals surface area contributed by atoms with Crippen LogP contribution in [-0.2, 0) is 35.1 Å². The number of imide groups is 1. The first kappa shape index (κ1) is 46.7. The topological polar surface area (TPSA) is 233 Å². The van der Waals surface area contributed by atoms with Gasteiger partial charge in [-0.2, -0.15) is 0 Å². The van der Waals surface area contributed by atoms with Gasteiger partial charge in [0.05, 0.1) is 55.2 Å². The second-order valence-corrected chi connectivity index (χ2v) is 17.6. The highest BCUT2D eigenvalue weighted by Crippen LogP contribution is 2.40. The maximum absolute atomic E-state index is 13.5. The molecular formula is C47H49ClN10O8S. The summed E-state index contributed by atoms with van der Waals surface area (Å²) >= 11 is 7.89. The highest BCUT2D eigenvalue weighted by atomic mass is 35.5. The Morgan fingerprint density at radius 1 is 0.910 bits per heavy atom. The van der Waals surface area contributed by atoms with Crippen LogP contribution in [0.1, 0.15) is 81.1 Å². The molecule has 20 heteroatoms. The Morgan fingerprint density at radius 3 is 2.45 bits per heavy atom. The first-order valence-corrected chi connectivity index (χ1v) is 23.0. The molecule has 5 heterocycles. The van der Waals surface area contributed by atoms with Crippen molar-refractivity contribution in [2.24, 2.45) is 4.99 Å². The number of fused-ring (bicyclic) bond motifs is 4. The van der Waals surface area contributed by atoms with E-state index < -0.39 is 23.9 Å². The summed E-state index contributed by atoms with van der Waals surface area (Å²) in [5.74, 6) is 0.720. The Kier molecular flexibility index (Phi) is 14.8. The van der Waals surface area contributed by atoms with Crippen LogP contribution in [0.3, 0.4) is 0 Å². The average molecular weight is 949 g/mol. The van der Waals surface area contributed by atoms with Crippen molar-refractivity contribution in [1.29, 1.82) is 0 Å². The largest absolute Gasteiger partial charge is 0.491 e.